The van der Waals surface area contributed by atoms with Crippen molar-refractivity contribution in [2.75, 3.05) is 0 Å². The van der Waals surface area contributed by atoms with Crippen molar-refractivity contribution in [2.45, 2.75) is 12.6 Å². The number of carbonyl (C=O) groups is 1. The molecule has 1 heterocycles. The fraction of sp³-hybridized carbons (Fsp3) is 0.167. The number of rotatable bonds is 3. The third-order valence-electron chi connectivity index (χ3n) is 2.36. The van der Waals surface area contributed by atoms with Gasteiger partial charge in [0.25, 0.3) is 0 Å². The number of esters is 1. The van der Waals surface area contributed by atoms with Crippen LogP contribution in [0.1, 0.15) is 17.2 Å². The number of nitrogens with zero attached hydrogens (tertiary/aromatic N) is 1. The van der Waals surface area contributed by atoms with Gasteiger partial charge in [0.05, 0.1) is 0 Å². The van der Waals surface area contributed by atoms with E-state index < -0.39 is 6.04 Å². The maximum Gasteiger partial charge on any atom is 0.342 e. The van der Waals surface area contributed by atoms with E-state index in [1.165, 1.54) is 6.08 Å². The normalized spacial score (nSPS) is 19.2. The van der Waals surface area contributed by atoms with E-state index in [9.17, 15) is 4.79 Å². The van der Waals surface area contributed by atoms with Crippen molar-refractivity contribution in [2.24, 2.45) is 10.7 Å². The molecule has 0 saturated carbocycles. The number of hydrogen-bond donors (Lipinski definition) is 1. The minimum atomic E-state index is -0.584. The molecule has 1 atom stereocenters. The second kappa shape index (κ2) is 4.28. The Morgan fingerprint density at radius 3 is 3.00 bits per heavy atom. The lowest BCUT2D eigenvalue weighted by Crippen LogP contribution is -2.08. The van der Waals surface area contributed by atoms with E-state index in [1.807, 2.05) is 24.3 Å². The summed E-state index contributed by atoms with van der Waals surface area (Å²) in [5.41, 5.74) is 7.30. The molecule has 0 spiro atoms. The van der Waals surface area contributed by atoms with Crippen LogP contribution in [-0.2, 0) is 16.1 Å². The Labute approximate surface area is 93.4 Å². The molecule has 2 N–H and O–H groups in total. The molecule has 0 radical (unpaired) electrons. The zero-order valence-corrected chi connectivity index (χ0v) is 8.72. The molecule has 1 aromatic carbocycles. The van der Waals surface area contributed by atoms with Crippen molar-refractivity contribution >= 4 is 11.9 Å². The van der Waals surface area contributed by atoms with Crippen LogP contribution in [0.2, 0.25) is 0 Å². The molecule has 0 saturated heterocycles. The van der Waals surface area contributed by atoms with Gasteiger partial charge < -0.3 is 10.5 Å². The van der Waals surface area contributed by atoms with Gasteiger partial charge in [-0.3, -0.25) is 0 Å². The van der Waals surface area contributed by atoms with Gasteiger partial charge in [-0.2, -0.15) is 0 Å². The molecule has 0 bridgehead atoms. The summed E-state index contributed by atoms with van der Waals surface area (Å²) < 4.78 is 4.91. The second-order valence-electron chi connectivity index (χ2n) is 3.44. The quantitative estimate of drug-likeness (QED) is 0.775. The number of ether oxygens (including phenoxy) is 1. The highest BCUT2D eigenvalue weighted by Crippen LogP contribution is 2.25. The molecule has 0 aliphatic carbocycles. The van der Waals surface area contributed by atoms with Crippen LogP contribution in [0, 0.1) is 0 Å². The first-order valence-corrected chi connectivity index (χ1v) is 4.95. The minimum Gasteiger partial charge on any atom is -0.406 e. The fourth-order valence-electron chi connectivity index (χ4n) is 1.56. The number of nitrogens with two attached hydrogens (primary N) is 1. The predicted octanol–water partition coefficient (Wildman–Crippen LogP) is 1.33. The number of carbonyl (C=O) groups excluding carboxylic acids is 1. The molecule has 4 nitrogen and oxygen atoms in total. The average molecular weight is 216 g/mol. The highest BCUT2D eigenvalue weighted by atomic mass is 16.6. The van der Waals surface area contributed by atoms with Crippen molar-refractivity contribution in [3.63, 3.8) is 0 Å². The molecule has 2 rings (SSSR count). The fourth-order valence-corrected chi connectivity index (χ4v) is 1.56. The molecule has 1 aromatic rings. The lowest BCUT2D eigenvalue weighted by atomic mass is 10.0. The van der Waals surface area contributed by atoms with Gasteiger partial charge in [-0.25, -0.2) is 9.79 Å². The number of cyclic esters (lactones) is 1. The zero-order chi connectivity index (χ0) is 11.5. The van der Waals surface area contributed by atoms with E-state index in [2.05, 4.69) is 11.6 Å². The van der Waals surface area contributed by atoms with Crippen LogP contribution >= 0.6 is 0 Å². The molecule has 0 aromatic heterocycles. The maximum absolute atomic E-state index is 11.5. The molecule has 0 amide bonds. The summed E-state index contributed by atoms with van der Waals surface area (Å²) in [4.78, 5) is 15.6. The van der Waals surface area contributed by atoms with Crippen molar-refractivity contribution < 1.29 is 9.53 Å². The van der Waals surface area contributed by atoms with Crippen LogP contribution in [0.4, 0.5) is 0 Å². The van der Waals surface area contributed by atoms with E-state index in [1.54, 1.807) is 0 Å². The lowest BCUT2D eigenvalue weighted by molar-refractivity contribution is -0.135. The molecule has 0 fully saturated rings. The second-order valence-corrected chi connectivity index (χ2v) is 3.44. The van der Waals surface area contributed by atoms with Crippen molar-refractivity contribution in [1.82, 2.24) is 0 Å². The molecule has 4 heteroatoms. The Morgan fingerprint density at radius 2 is 2.38 bits per heavy atom. The third kappa shape index (κ3) is 1.87. The van der Waals surface area contributed by atoms with Crippen molar-refractivity contribution in [3.8, 4) is 0 Å². The molecule has 1 unspecified atom stereocenters. The molecular weight excluding hydrogens is 204 g/mol. The highest BCUT2D eigenvalue weighted by Gasteiger charge is 2.29. The lowest BCUT2D eigenvalue weighted by Gasteiger charge is -2.05. The highest BCUT2D eigenvalue weighted by molar-refractivity contribution is 6.02. The average Bonchev–Trinajstić information content (AvgIpc) is 2.71. The van der Waals surface area contributed by atoms with Crippen LogP contribution < -0.4 is 5.73 Å². The van der Waals surface area contributed by atoms with Gasteiger partial charge in [-0.1, -0.05) is 30.8 Å². The summed E-state index contributed by atoms with van der Waals surface area (Å²) in [5.74, 6) is -0.0998. The summed E-state index contributed by atoms with van der Waals surface area (Å²) in [5, 5.41) is 0. The van der Waals surface area contributed by atoms with Crippen LogP contribution in [0.5, 0.6) is 0 Å². The standard InChI is InChI=1S/C12H12N2O2/c1-2-10-14-11(12(15)16-10)9-5-3-4-8(6-9)7-13/h2-6,11H,1,7,13H2. The van der Waals surface area contributed by atoms with Gasteiger partial charge >= 0.3 is 5.97 Å². The Hall–Kier alpha value is -1.94. The first-order valence-electron chi connectivity index (χ1n) is 4.95. The van der Waals surface area contributed by atoms with Gasteiger partial charge in [-0.15, -0.1) is 0 Å². The monoisotopic (exact) mass is 216 g/mol. The summed E-state index contributed by atoms with van der Waals surface area (Å²) in [7, 11) is 0. The summed E-state index contributed by atoms with van der Waals surface area (Å²) >= 11 is 0. The first-order chi connectivity index (χ1) is 7.74. The molecule has 1 aliphatic heterocycles. The Balaban J connectivity index is 2.33. The predicted molar refractivity (Wildman–Crippen MR) is 60.8 cm³/mol. The summed E-state index contributed by atoms with van der Waals surface area (Å²) in [6, 6.07) is 6.87. The van der Waals surface area contributed by atoms with Gasteiger partial charge in [0, 0.05) is 6.54 Å². The summed E-state index contributed by atoms with van der Waals surface area (Å²) in [6.07, 6.45) is 1.42. The number of aliphatic imine (C=N–C) groups is 1. The van der Waals surface area contributed by atoms with Gasteiger partial charge in [-0.05, 0) is 17.2 Å². The van der Waals surface area contributed by atoms with E-state index in [0.29, 0.717) is 6.54 Å². The van der Waals surface area contributed by atoms with Crippen LogP contribution in [0.25, 0.3) is 0 Å². The Bertz CT molecular complexity index is 466. The Kier molecular flexibility index (Phi) is 2.83. The SMILES string of the molecule is C=CC1=NC(c2cccc(CN)c2)C(=O)O1. The van der Waals surface area contributed by atoms with Crippen molar-refractivity contribution in [1.29, 1.82) is 0 Å². The molecule has 16 heavy (non-hydrogen) atoms. The maximum atomic E-state index is 11.5. The van der Waals surface area contributed by atoms with Crippen LogP contribution in [0.15, 0.2) is 41.9 Å². The smallest absolute Gasteiger partial charge is 0.342 e. The van der Waals surface area contributed by atoms with E-state index >= 15 is 0 Å². The van der Waals surface area contributed by atoms with Gasteiger partial charge in [0.1, 0.15) is 0 Å². The Morgan fingerprint density at radius 1 is 1.56 bits per heavy atom. The number of hydrogen-bond acceptors (Lipinski definition) is 4. The molecule has 82 valence electrons. The molecule has 1 aliphatic rings. The largest absolute Gasteiger partial charge is 0.406 e. The first kappa shape index (κ1) is 10.6. The zero-order valence-electron chi connectivity index (χ0n) is 8.72. The van der Waals surface area contributed by atoms with Crippen LogP contribution in [-0.4, -0.2) is 11.9 Å². The van der Waals surface area contributed by atoms with Gasteiger partial charge in [0.15, 0.2) is 6.04 Å². The van der Waals surface area contributed by atoms with Crippen molar-refractivity contribution in [3.05, 3.63) is 48.0 Å². The van der Waals surface area contributed by atoms with E-state index in [0.717, 1.165) is 11.1 Å². The molecular formula is C12H12N2O2. The van der Waals surface area contributed by atoms with E-state index in [4.69, 9.17) is 10.5 Å². The topological polar surface area (TPSA) is 64.7 Å². The van der Waals surface area contributed by atoms with Gasteiger partial charge in [0.2, 0.25) is 5.90 Å². The number of benzene rings is 1. The minimum absolute atomic E-state index is 0.271. The van der Waals surface area contributed by atoms with Crippen LogP contribution in [0.3, 0.4) is 0 Å². The summed E-state index contributed by atoms with van der Waals surface area (Å²) in [6.45, 7) is 3.95. The van der Waals surface area contributed by atoms with E-state index in [-0.39, 0.29) is 11.9 Å². The third-order valence-corrected chi connectivity index (χ3v) is 2.36.